The maximum atomic E-state index is 12.8. The van der Waals surface area contributed by atoms with E-state index in [1.165, 1.54) is 11.9 Å². The van der Waals surface area contributed by atoms with Gasteiger partial charge in [-0.3, -0.25) is 9.10 Å². The minimum atomic E-state index is -0.985. The highest BCUT2D eigenvalue weighted by Gasteiger charge is 2.29. The average Bonchev–Trinajstić information content (AvgIpc) is 3.14. The van der Waals surface area contributed by atoms with Crippen LogP contribution in [-0.4, -0.2) is 23.2 Å². The highest BCUT2D eigenvalue weighted by Crippen LogP contribution is 2.32. The molecule has 0 spiro atoms. The Kier molecular flexibility index (Phi) is 5.24. The molecule has 0 fully saturated rings. The van der Waals surface area contributed by atoms with Crippen molar-refractivity contribution < 1.29 is 14.7 Å². The van der Waals surface area contributed by atoms with Gasteiger partial charge < -0.3 is 5.11 Å². The second kappa shape index (κ2) is 7.57. The summed E-state index contributed by atoms with van der Waals surface area (Å²) in [5.41, 5.74) is 3.62. The van der Waals surface area contributed by atoms with Crippen molar-refractivity contribution in [1.82, 2.24) is 0 Å². The molecule has 1 aliphatic rings. The monoisotopic (exact) mass is 353 g/mol. The van der Waals surface area contributed by atoms with Crippen molar-refractivity contribution >= 4 is 29.5 Å². The zero-order chi connectivity index (χ0) is 17.8. The van der Waals surface area contributed by atoms with E-state index in [1.807, 2.05) is 60.9 Å². The van der Waals surface area contributed by atoms with Crippen LogP contribution in [0.25, 0.3) is 11.1 Å². The van der Waals surface area contributed by atoms with Crippen molar-refractivity contribution in [2.75, 3.05) is 10.6 Å². The Morgan fingerprint density at radius 3 is 2.12 bits per heavy atom. The number of carbonyl (C=O) groups is 2. The number of carboxylic acid groups (broad SMARTS) is 1. The van der Waals surface area contributed by atoms with Crippen LogP contribution in [0, 0.1) is 0 Å². The predicted octanol–water partition coefficient (Wildman–Crippen LogP) is 4.53. The van der Waals surface area contributed by atoms with Gasteiger partial charge in [0.1, 0.15) is 0 Å². The van der Waals surface area contributed by atoms with Gasteiger partial charge in [-0.15, -0.1) is 0 Å². The first-order valence-corrected chi connectivity index (χ1v) is 9.29. The Morgan fingerprint density at radius 1 is 0.920 bits per heavy atom. The van der Waals surface area contributed by atoms with Crippen molar-refractivity contribution in [3.8, 4) is 11.1 Å². The highest BCUT2D eigenvalue weighted by molar-refractivity contribution is 8.00. The second-order valence-corrected chi connectivity index (χ2v) is 6.54. The summed E-state index contributed by atoms with van der Waals surface area (Å²) in [5, 5.41) is 9.28. The molecule has 0 bridgehead atoms. The quantitative estimate of drug-likeness (QED) is 0.803. The molecule has 25 heavy (non-hydrogen) atoms. The Morgan fingerprint density at radius 2 is 1.52 bits per heavy atom. The van der Waals surface area contributed by atoms with Crippen LogP contribution in [0.3, 0.4) is 0 Å². The third-order valence-electron chi connectivity index (χ3n) is 4.31. The van der Waals surface area contributed by atoms with Crippen LogP contribution in [0.4, 0.5) is 5.69 Å². The molecule has 0 saturated carbocycles. The number of hydrogen-bond donors (Lipinski definition) is 1. The molecule has 4 nitrogen and oxygen atoms in total. The molecule has 1 aliphatic carbocycles. The van der Waals surface area contributed by atoms with E-state index in [2.05, 4.69) is 0 Å². The topological polar surface area (TPSA) is 57.6 Å². The molecule has 0 aromatic heterocycles. The summed E-state index contributed by atoms with van der Waals surface area (Å²) in [5.74, 6) is -1.21. The summed E-state index contributed by atoms with van der Waals surface area (Å²) in [7, 11) is 0. The fourth-order valence-corrected chi connectivity index (χ4v) is 3.67. The predicted molar refractivity (Wildman–Crippen MR) is 101 cm³/mol. The third kappa shape index (κ3) is 3.61. The minimum Gasteiger partial charge on any atom is -0.478 e. The van der Waals surface area contributed by atoms with E-state index >= 15 is 0 Å². The van der Waals surface area contributed by atoms with Crippen molar-refractivity contribution in [1.29, 1.82) is 0 Å². The zero-order valence-electron chi connectivity index (χ0n) is 13.9. The normalized spacial score (nSPS) is 13.8. The number of anilines is 1. The smallest absolute Gasteiger partial charge is 0.332 e. The Bertz CT molecular complexity index is 813. The molecule has 0 aliphatic heterocycles. The second-order valence-electron chi connectivity index (χ2n) is 5.81. The van der Waals surface area contributed by atoms with Gasteiger partial charge >= 0.3 is 5.97 Å². The van der Waals surface area contributed by atoms with Gasteiger partial charge in [0.05, 0.1) is 5.69 Å². The van der Waals surface area contributed by atoms with Gasteiger partial charge in [0.25, 0.3) is 5.91 Å². The molecule has 2 aromatic rings. The van der Waals surface area contributed by atoms with E-state index in [4.69, 9.17) is 0 Å². The molecule has 0 saturated heterocycles. The molecule has 128 valence electrons. The lowest BCUT2D eigenvalue weighted by Crippen LogP contribution is -2.26. The van der Waals surface area contributed by atoms with Crippen LogP contribution in [-0.2, 0) is 9.59 Å². The molecule has 3 rings (SSSR count). The van der Waals surface area contributed by atoms with E-state index in [1.54, 1.807) is 4.31 Å². The summed E-state index contributed by atoms with van der Waals surface area (Å²) in [6, 6.07) is 17.8. The van der Waals surface area contributed by atoms with E-state index in [-0.39, 0.29) is 11.5 Å². The number of hydrogen-bond acceptors (Lipinski definition) is 3. The maximum absolute atomic E-state index is 12.8. The molecule has 1 N–H and O–H groups in total. The molecule has 0 radical (unpaired) electrons. The van der Waals surface area contributed by atoms with Gasteiger partial charge in [-0.05, 0) is 54.5 Å². The molecule has 1 amide bonds. The number of aliphatic carboxylic acids is 1. The van der Waals surface area contributed by atoms with Crippen molar-refractivity contribution in [2.45, 2.75) is 19.3 Å². The summed E-state index contributed by atoms with van der Waals surface area (Å²) in [6.45, 7) is 0. The van der Waals surface area contributed by atoms with Crippen LogP contribution in [0.2, 0.25) is 0 Å². The van der Waals surface area contributed by atoms with Crippen LogP contribution in [0.5, 0.6) is 0 Å². The lowest BCUT2D eigenvalue weighted by molar-refractivity contribution is -0.133. The number of carbonyl (C=O) groups excluding carboxylic acids is 1. The van der Waals surface area contributed by atoms with E-state index < -0.39 is 5.97 Å². The van der Waals surface area contributed by atoms with Crippen molar-refractivity contribution in [3.05, 3.63) is 65.7 Å². The Hall–Kier alpha value is -2.53. The first-order chi connectivity index (χ1) is 12.1. The van der Waals surface area contributed by atoms with Gasteiger partial charge in [-0.1, -0.05) is 42.5 Å². The molecule has 5 heteroatoms. The molecule has 0 unspecified atom stereocenters. The SMILES string of the molecule is CSN(C(=O)C1=C(C(=O)O)CCC1)c1ccc(-c2ccccc2)cc1. The largest absolute Gasteiger partial charge is 0.478 e. The maximum Gasteiger partial charge on any atom is 0.332 e. The van der Waals surface area contributed by atoms with E-state index in [0.29, 0.717) is 18.4 Å². The molecular formula is C20H19NO3S. The Balaban J connectivity index is 1.87. The molecular weight excluding hydrogens is 334 g/mol. The number of carboxylic acids is 1. The minimum absolute atomic E-state index is 0.227. The zero-order valence-corrected chi connectivity index (χ0v) is 14.8. The molecule has 0 atom stereocenters. The van der Waals surface area contributed by atoms with Crippen LogP contribution < -0.4 is 4.31 Å². The highest BCUT2D eigenvalue weighted by atomic mass is 32.2. The summed E-state index contributed by atoms with van der Waals surface area (Å²) in [4.78, 5) is 24.2. The number of benzene rings is 2. The van der Waals surface area contributed by atoms with Gasteiger partial charge in [0, 0.05) is 17.4 Å². The summed E-state index contributed by atoms with van der Waals surface area (Å²) in [6.07, 6.45) is 3.53. The van der Waals surface area contributed by atoms with Gasteiger partial charge in [0.15, 0.2) is 0 Å². The summed E-state index contributed by atoms with van der Waals surface area (Å²) < 4.78 is 1.57. The first-order valence-electron chi connectivity index (χ1n) is 8.11. The van der Waals surface area contributed by atoms with Crippen molar-refractivity contribution in [3.63, 3.8) is 0 Å². The van der Waals surface area contributed by atoms with Crippen LogP contribution in [0.1, 0.15) is 19.3 Å². The lowest BCUT2D eigenvalue weighted by Gasteiger charge is -2.21. The standard InChI is InChI=1S/C20H19NO3S/c1-25-21(19(22)17-8-5-9-18(17)20(23)24)16-12-10-15(11-13-16)14-6-3-2-4-7-14/h2-4,6-7,10-13H,5,8-9H2,1H3,(H,23,24). The first kappa shape index (κ1) is 17.3. The van der Waals surface area contributed by atoms with Gasteiger partial charge in [-0.2, -0.15) is 0 Å². The lowest BCUT2D eigenvalue weighted by atomic mass is 10.1. The number of nitrogens with zero attached hydrogens (tertiary/aromatic N) is 1. The fourth-order valence-electron chi connectivity index (χ4n) is 3.06. The van der Waals surface area contributed by atoms with Crippen molar-refractivity contribution in [2.24, 2.45) is 0 Å². The molecule has 0 heterocycles. The third-order valence-corrected chi connectivity index (χ3v) is 5.05. The van der Waals surface area contributed by atoms with E-state index in [0.717, 1.165) is 23.2 Å². The molecule has 2 aromatic carbocycles. The van der Waals surface area contributed by atoms with Crippen LogP contribution >= 0.6 is 11.9 Å². The van der Waals surface area contributed by atoms with E-state index in [9.17, 15) is 14.7 Å². The van der Waals surface area contributed by atoms with Gasteiger partial charge in [-0.25, -0.2) is 4.79 Å². The number of rotatable bonds is 5. The summed E-state index contributed by atoms with van der Waals surface area (Å²) >= 11 is 1.29. The Labute approximate surface area is 151 Å². The fraction of sp³-hybridized carbons (Fsp3) is 0.200. The van der Waals surface area contributed by atoms with Gasteiger partial charge in [0.2, 0.25) is 0 Å². The van der Waals surface area contributed by atoms with Crippen LogP contribution in [0.15, 0.2) is 65.7 Å². The average molecular weight is 353 g/mol. The number of amides is 1.